The van der Waals surface area contributed by atoms with E-state index in [0.29, 0.717) is 6.54 Å². The molecule has 4 aromatic rings. The molecule has 4 rings (SSSR count). The molecule has 1 aromatic heterocycles. The summed E-state index contributed by atoms with van der Waals surface area (Å²) in [6.45, 7) is 0.652. The van der Waals surface area contributed by atoms with Gasteiger partial charge in [-0.2, -0.15) is 0 Å². The van der Waals surface area contributed by atoms with Crippen molar-refractivity contribution in [2.75, 3.05) is 6.54 Å². The van der Waals surface area contributed by atoms with Gasteiger partial charge in [-0.1, -0.05) is 60.7 Å². The zero-order valence-corrected chi connectivity index (χ0v) is 12.3. The maximum Gasteiger partial charge on any atom is 0.0504 e. The van der Waals surface area contributed by atoms with Crippen molar-refractivity contribution in [1.29, 1.82) is 0 Å². The van der Waals surface area contributed by atoms with Crippen LogP contribution in [0.25, 0.3) is 32.9 Å². The Morgan fingerprint density at radius 2 is 1.50 bits per heavy atom. The van der Waals surface area contributed by atoms with Crippen LogP contribution in [0.5, 0.6) is 0 Å². The third kappa shape index (κ3) is 2.00. The fourth-order valence-electron chi connectivity index (χ4n) is 3.28. The minimum Gasteiger partial charge on any atom is -0.354 e. The number of aromatic amines is 1. The summed E-state index contributed by atoms with van der Waals surface area (Å²) in [7, 11) is 0. The number of H-pyrrole nitrogens is 1. The van der Waals surface area contributed by atoms with Crippen LogP contribution in [0.15, 0.2) is 66.7 Å². The number of nitrogens with two attached hydrogens (primary N) is 1. The average Bonchev–Trinajstić information content (AvgIpc) is 2.93. The molecule has 2 nitrogen and oxygen atoms in total. The molecule has 0 unspecified atom stereocenters. The first-order valence-corrected chi connectivity index (χ1v) is 7.66. The Hall–Kier alpha value is -2.58. The van der Waals surface area contributed by atoms with Crippen LogP contribution in [0.2, 0.25) is 0 Å². The molecule has 2 heteroatoms. The number of rotatable bonds is 3. The van der Waals surface area contributed by atoms with Crippen LogP contribution in [-0.2, 0) is 6.42 Å². The van der Waals surface area contributed by atoms with Gasteiger partial charge in [-0.3, -0.25) is 0 Å². The first kappa shape index (κ1) is 13.1. The summed E-state index contributed by atoms with van der Waals surface area (Å²) in [5.41, 5.74) is 10.8. The minimum absolute atomic E-state index is 0.652. The predicted molar refractivity (Wildman–Crippen MR) is 94.0 cm³/mol. The highest BCUT2D eigenvalue weighted by Gasteiger charge is 2.14. The van der Waals surface area contributed by atoms with E-state index in [1.807, 2.05) is 0 Å². The lowest BCUT2D eigenvalue weighted by atomic mass is 9.98. The fraction of sp³-hybridized carbons (Fsp3) is 0.100. The lowest BCUT2D eigenvalue weighted by Crippen LogP contribution is -2.03. The van der Waals surface area contributed by atoms with Crippen molar-refractivity contribution < 1.29 is 0 Å². The highest BCUT2D eigenvalue weighted by Crippen LogP contribution is 2.34. The molecule has 22 heavy (non-hydrogen) atoms. The fourth-order valence-corrected chi connectivity index (χ4v) is 3.28. The van der Waals surface area contributed by atoms with E-state index in [4.69, 9.17) is 5.73 Å². The summed E-state index contributed by atoms with van der Waals surface area (Å²) in [5, 5.41) is 3.81. The van der Waals surface area contributed by atoms with Crippen LogP contribution in [0.1, 0.15) is 5.56 Å². The van der Waals surface area contributed by atoms with Gasteiger partial charge in [-0.05, 0) is 35.4 Å². The maximum atomic E-state index is 5.86. The molecule has 0 saturated carbocycles. The van der Waals surface area contributed by atoms with Crippen molar-refractivity contribution in [3.63, 3.8) is 0 Å². The van der Waals surface area contributed by atoms with E-state index in [0.717, 1.165) is 6.42 Å². The second kappa shape index (κ2) is 5.32. The lowest BCUT2D eigenvalue weighted by molar-refractivity contribution is 0.978. The van der Waals surface area contributed by atoms with Crippen LogP contribution in [0.3, 0.4) is 0 Å². The number of hydrogen-bond donors (Lipinski definition) is 2. The molecule has 3 N–H and O–H groups in total. The van der Waals surface area contributed by atoms with E-state index < -0.39 is 0 Å². The molecule has 0 fully saturated rings. The molecular formula is C20H18N2. The van der Waals surface area contributed by atoms with Crippen molar-refractivity contribution in [2.24, 2.45) is 5.73 Å². The van der Waals surface area contributed by atoms with Crippen LogP contribution in [0, 0.1) is 0 Å². The third-order valence-corrected chi connectivity index (χ3v) is 4.27. The van der Waals surface area contributed by atoms with Crippen molar-refractivity contribution in [1.82, 2.24) is 4.98 Å². The summed E-state index contributed by atoms with van der Waals surface area (Å²) in [6.07, 6.45) is 0.878. The Balaban J connectivity index is 2.06. The molecule has 108 valence electrons. The van der Waals surface area contributed by atoms with Gasteiger partial charge >= 0.3 is 0 Å². The maximum absolute atomic E-state index is 5.86. The normalized spacial score (nSPS) is 11.3. The van der Waals surface area contributed by atoms with Gasteiger partial charge in [0.1, 0.15) is 0 Å². The SMILES string of the molecule is NCCc1c(-c2cccc3ccccc23)[nH]c2ccccc12. The van der Waals surface area contributed by atoms with E-state index in [1.54, 1.807) is 0 Å². The first-order valence-electron chi connectivity index (χ1n) is 7.66. The Bertz CT molecular complexity index is 945. The predicted octanol–water partition coefficient (Wildman–Crippen LogP) is 4.49. The zero-order chi connectivity index (χ0) is 14.9. The molecule has 3 aromatic carbocycles. The van der Waals surface area contributed by atoms with Gasteiger partial charge in [-0.15, -0.1) is 0 Å². The Labute approximate surface area is 129 Å². The van der Waals surface area contributed by atoms with Crippen LogP contribution >= 0.6 is 0 Å². The zero-order valence-electron chi connectivity index (χ0n) is 12.3. The second-order valence-electron chi connectivity index (χ2n) is 5.59. The van der Waals surface area contributed by atoms with Crippen LogP contribution in [0.4, 0.5) is 0 Å². The van der Waals surface area contributed by atoms with Crippen molar-refractivity contribution in [2.45, 2.75) is 6.42 Å². The smallest absolute Gasteiger partial charge is 0.0504 e. The summed E-state index contributed by atoms with van der Waals surface area (Å²) in [6, 6.07) is 23.4. The van der Waals surface area contributed by atoms with Gasteiger partial charge in [0.25, 0.3) is 0 Å². The Morgan fingerprint density at radius 3 is 2.36 bits per heavy atom. The molecule has 0 spiro atoms. The summed E-state index contributed by atoms with van der Waals surface area (Å²) in [4.78, 5) is 3.60. The third-order valence-electron chi connectivity index (χ3n) is 4.27. The molecule has 0 aliphatic heterocycles. The van der Waals surface area contributed by atoms with Crippen LogP contribution in [-0.4, -0.2) is 11.5 Å². The van der Waals surface area contributed by atoms with Gasteiger partial charge in [0.2, 0.25) is 0 Å². The number of benzene rings is 3. The Morgan fingerprint density at radius 1 is 0.773 bits per heavy atom. The average molecular weight is 286 g/mol. The van der Waals surface area contributed by atoms with Crippen molar-refractivity contribution in [3.05, 3.63) is 72.3 Å². The second-order valence-corrected chi connectivity index (χ2v) is 5.59. The van der Waals surface area contributed by atoms with Gasteiger partial charge in [0.05, 0.1) is 5.69 Å². The number of fused-ring (bicyclic) bond motifs is 2. The van der Waals surface area contributed by atoms with E-state index in [1.165, 1.54) is 38.5 Å². The van der Waals surface area contributed by atoms with E-state index in [9.17, 15) is 0 Å². The topological polar surface area (TPSA) is 41.8 Å². The number of para-hydroxylation sites is 1. The van der Waals surface area contributed by atoms with Gasteiger partial charge in [0.15, 0.2) is 0 Å². The molecule has 1 heterocycles. The lowest BCUT2D eigenvalue weighted by Gasteiger charge is -2.08. The minimum atomic E-state index is 0.652. The van der Waals surface area contributed by atoms with Crippen molar-refractivity contribution in [3.8, 4) is 11.3 Å². The molecule has 0 bridgehead atoms. The van der Waals surface area contributed by atoms with E-state index in [-0.39, 0.29) is 0 Å². The standard InChI is InChI=1S/C20H18N2/c21-13-12-18-16-9-3-4-11-19(16)22-20(18)17-10-5-7-14-6-1-2-8-15(14)17/h1-11,22H,12-13,21H2. The molecule has 0 aliphatic rings. The van der Waals surface area contributed by atoms with E-state index in [2.05, 4.69) is 71.7 Å². The highest BCUT2D eigenvalue weighted by molar-refractivity contribution is 6.00. The number of hydrogen-bond acceptors (Lipinski definition) is 1. The van der Waals surface area contributed by atoms with Gasteiger partial charge < -0.3 is 10.7 Å². The number of aromatic nitrogens is 1. The quantitative estimate of drug-likeness (QED) is 0.572. The summed E-state index contributed by atoms with van der Waals surface area (Å²) >= 11 is 0. The molecule has 0 aliphatic carbocycles. The van der Waals surface area contributed by atoms with Crippen molar-refractivity contribution >= 4 is 21.7 Å². The molecular weight excluding hydrogens is 268 g/mol. The molecule has 0 radical (unpaired) electrons. The highest BCUT2D eigenvalue weighted by atomic mass is 14.7. The molecule has 0 saturated heterocycles. The van der Waals surface area contributed by atoms with Crippen LogP contribution < -0.4 is 5.73 Å². The Kier molecular flexibility index (Phi) is 3.17. The summed E-state index contributed by atoms with van der Waals surface area (Å²) in [5.74, 6) is 0. The first-order chi connectivity index (χ1) is 10.9. The van der Waals surface area contributed by atoms with E-state index >= 15 is 0 Å². The summed E-state index contributed by atoms with van der Waals surface area (Å²) < 4.78 is 0. The number of nitrogens with one attached hydrogen (secondary N) is 1. The molecule has 0 atom stereocenters. The van der Waals surface area contributed by atoms with Gasteiger partial charge in [-0.25, -0.2) is 0 Å². The monoisotopic (exact) mass is 286 g/mol. The van der Waals surface area contributed by atoms with Gasteiger partial charge in [0, 0.05) is 16.5 Å². The molecule has 0 amide bonds. The largest absolute Gasteiger partial charge is 0.354 e.